The van der Waals surface area contributed by atoms with E-state index in [2.05, 4.69) is 53.6 Å². The molecular formula is C15H22N4O. The predicted molar refractivity (Wildman–Crippen MR) is 79.7 cm³/mol. The van der Waals surface area contributed by atoms with Gasteiger partial charge in [-0.2, -0.15) is 0 Å². The molecule has 0 saturated carbocycles. The van der Waals surface area contributed by atoms with E-state index in [1.807, 2.05) is 18.9 Å². The van der Waals surface area contributed by atoms with E-state index in [0.29, 0.717) is 11.9 Å². The Hall–Kier alpha value is -1.88. The number of hydrogen-bond acceptors (Lipinski definition) is 5. The highest BCUT2D eigenvalue weighted by atomic mass is 16.4. The van der Waals surface area contributed by atoms with Crippen LogP contribution in [-0.2, 0) is 6.54 Å². The van der Waals surface area contributed by atoms with Gasteiger partial charge in [0.15, 0.2) is 0 Å². The number of aromatic nitrogens is 2. The lowest BCUT2D eigenvalue weighted by atomic mass is 10.1. The van der Waals surface area contributed by atoms with Gasteiger partial charge in [-0.1, -0.05) is 41.9 Å². The highest BCUT2D eigenvalue weighted by molar-refractivity contribution is 5.28. The highest BCUT2D eigenvalue weighted by Gasteiger charge is 2.15. The topological polar surface area (TPSA) is 54.2 Å². The van der Waals surface area contributed by atoms with Gasteiger partial charge >= 0.3 is 6.01 Å². The van der Waals surface area contributed by atoms with Crippen LogP contribution in [0.5, 0.6) is 0 Å². The quantitative estimate of drug-likeness (QED) is 0.877. The summed E-state index contributed by atoms with van der Waals surface area (Å²) in [6.45, 7) is 7.77. The van der Waals surface area contributed by atoms with Crippen LogP contribution in [0, 0.1) is 6.92 Å². The molecular weight excluding hydrogens is 252 g/mol. The fraction of sp³-hybridized carbons (Fsp3) is 0.467. The second kappa shape index (κ2) is 6.52. The van der Waals surface area contributed by atoms with Crippen molar-refractivity contribution in [2.24, 2.45) is 0 Å². The number of hydrogen-bond donors (Lipinski definition) is 1. The van der Waals surface area contributed by atoms with E-state index in [1.165, 1.54) is 11.1 Å². The van der Waals surface area contributed by atoms with Gasteiger partial charge in [0.2, 0.25) is 5.89 Å². The van der Waals surface area contributed by atoms with Gasteiger partial charge in [-0.15, -0.1) is 5.10 Å². The van der Waals surface area contributed by atoms with E-state index < -0.39 is 0 Å². The molecule has 20 heavy (non-hydrogen) atoms. The molecule has 0 spiro atoms. The first-order valence-electron chi connectivity index (χ1n) is 6.93. The van der Waals surface area contributed by atoms with Crippen LogP contribution in [0.3, 0.4) is 0 Å². The third kappa shape index (κ3) is 3.57. The molecule has 1 aromatic heterocycles. The SMILES string of the molecule is CCNC(C)c1nnc(N(C)Cc2ccc(C)cc2)o1. The molecule has 1 atom stereocenters. The van der Waals surface area contributed by atoms with Crippen LogP contribution in [-0.4, -0.2) is 23.8 Å². The van der Waals surface area contributed by atoms with Crippen molar-refractivity contribution in [3.05, 3.63) is 41.3 Å². The first-order chi connectivity index (χ1) is 9.60. The predicted octanol–water partition coefficient (Wildman–Crippen LogP) is 2.68. The molecule has 0 saturated heterocycles. The summed E-state index contributed by atoms with van der Waals surface area (Å²) in [5.41, 5.74) is 2.48. The summed E-state index contributed by atoms with van der Waals surface area (Å²) < 4.78 is 5.70. The lowest BCUT2D eigenvalue weighted by molar-refractivity contribution is 0.421. The molecule has 1 unspecified atom stereocenters. The Morgan fingerprint density at radius 3 is 2.60 bits per heavy atom. The number of anilines is 1. The average molecular weight is 274 g/mol. The minimum absolute atomic E-state index is 0.0778. The smallest absolute Gasteiger partial charge is 0.318 e. The molecule has 1 aromatic carbocycles. The maximum Gasteiger partial charge on any atom is 0.318 e. The van der Waals surface area contributed by atoms with Gasteiger partial charge < -0.3 is 14.6 Å². The molecule has 1 N–H and O–H groups in total. The molecule has 5 nitrogen and oxygen atoms in total. The van der Waals surface area contributed by atoms with E-state index in [4.69, 9.17) is 4.42 Å². The van der Waals surface area contributed by atoms with Crippen LogP contribution >= 0.6 is 0 Å². The summed E-state index contributed by atoms with van der Waals surface area (Å²) in [7, 11) is 1.95. The summed E-state index contributed by atoms with van der Waals surface area (Å²) in [5.74, 6) is 0.623. The third-order valence-corrected chi connectivity index (χ3v) is 3.18. The van der Waals surface area contributed by atoms with Crippen LogP contribution in [0.2, 0.25) is 0 Å². The van der Waals surface area contributed by atoms with E-state index >= 15 is 0 Å². The number of aryl methyl sites for hydroxylation is 1. The Morgan fingerprint density at radius 2 is 1.95 bits per heavy atom. The second-order valence-electron chi connectivity index (χ2n) is 5.04. The maximum atomic E-state index is 5.70. The zero-order valence-electron chi connectivity index (χ0n) is 12.6. The normalized spacial score (nSPS) is 12.4. The highest BCUT2D eigenvalue weighted by Crippen LogP contribution is 2.18. The molecule has 0 aliphatic heterocycles. The molecule has 2 rings (SSSR count). The lowest BCUT2D eigenvalue weighted by Gasteiger charge is -2.14. The Morgan fingerprint density at radius 1 is 1.25 bits per heavy atom. The van der Waals surface area contributed by atoms with Crippen molar-refractivity contribution in [1.29, 1.82) is 0 Å². The Labute approximate surface area is 120 Å². The van der Waals surface area contributed by atoms with Crippen molar-refractivity contribution in [2.75, 3.05) is 18.5 Å². The largest absolute Gasteiger partial charge is 0.406 e. The molecule has 0 bridgehead atoms. The molecule has 1 heterocycles. The van der Waals surface area contributed by atoms with E-state index in [0.717, 1.165) is 13.1 Å². The van der Waals surface area contributed by atoms with Gasteiger partial charge in [0.05, 0.1) is 6.04 Å². The zero-order chi connectivity index (χ0) is 14.5. The number of benzene rings is 1. The second-order valence-corrected chi connectivity index (χ2v) is 5.04. The van der Waals surface area contributed by atoms with E-state index in [1.54, 1.807) is 0 Å². The zero-order valence-corrected chi connectivity index (χ0v) is 12.6. The number of rotatable bonds is 6. The minimum atomic E-state index is 0.0778. The third-order valence-electron chi connectivity index (χ3n) is 3.18. The number of nitrogens with one attached hydrogen (secondary N) is 1. The molecule has 108 valence electrons. The first-order valence-corrected chi connectivity index (χ1v) is 6.93. The van der Waals surface area contributed by atoms with Gasteiger partial charge in [0.25, 0.3) is 0 Å². The summed E-state index contributed by atoms with van der Waals surface area (Å²) in [5, 5.41) is 11.4. The Kier molecular flexibility index (Phi) is 4.74. The maximum absolute atomic E-state index is 5.70. The molecule has 0 fully saturated rings. The van der Waals surface area contributed by atoms with Crippen LogP contribution in [0.15, 0.2) is 28.7 Å². The van der Waals surface area contributed by atoms with Crippen LogP contribution < -0.4 is 10.2 Å². The molecule has 0 aliphatic carbocycles. The van der Waals surface area contributed by atoms with E-state index in [-0.39, 0.29) is 6.04 Å². The van der Waals surface area contributed by atoms with E-state index in [9.17, 15) is 0 Å². The fourth-order valence-electron chi connectivity index (χ4n) is 1.98. The summed E-state index contributed by atoms with van der Waals surface area (Å²) >= 11 is 0. The van der Waals surface area contributed by atoms with Crippen molar-refractivity contribution < 1.29 is 4.42 Å². The molecule has 0 aliphatic rings. The summed E-state index contributed by atoms with van der Waals surface area (Å²) in [6, 6.07) is 9.07. The van der Waals surface area contributed by atoms with Crippen molar-refractivity contribution in [2.45, 2.75) is 33.4 Å². The van der Waals surface area contributed by atoms with Gasteiger partial charge in [-0.25, -0.2) is 0 Å². The van der Waals surface area contributed by atoms with Crippen LogP contribution in [0.4, 0.5) is 6.01 Å². The first kappa shape index (κ1) is 14.5. The fourth-order valence-corrected chi connectivity index (χ4v) is 1.98. The van der Waals surface area contributed by atoms with Gasteiger partial charge in [0.1, 0.15) is 0 Å². The van der Waals surface area contributed by atoms with Crippen molar-refractivity contribution in [3.63, 3.8) is 0 Å². The summed E-state index contributed by atoms with van der Waals surface area (Å²) in [6.07, 6.45) is 0. The van der Waals surface area contributed by atoms with Gasteiger partial charge in [-0.05, 0) is 26.0 Å². The Balaban J connectivity index is 2.02. The van der Waals surface area contributed by atoms with Crippen LogP contribution in [0.1, 0.15) is 36.9 Å². The minimum Gasteiger partial charge on any atom is -0.406 e. The van der Waals surface area contributed by atoms with Gasteiger partial charge in [0, 0.05) is 13.6 Å². The molecule has 0 radical (unpaired) electrons. The van der Waals surface area contributed by atoms with Crippen molar-refractivity contribution >= 4 is 6.01 Å². The molecule has 0 amide bonds. The standard InChI is InChI=1S/C15H22N4O/c1-5-16-12(3)14-17-18-15(20-14)19(4)10-13-8-6-11(2)7-9-13/h6-9,12,16H,5,10H2,1-4H3. The Bertz CT molecular complexity index is 535. The number of nitrogens with zero attached hydrogens (tertiary/aromatic N) is 3. The monoisotopic (exact) mass is 274 g/mol. The lowest BCUT2D eigenvalue weighted by Crippen LogP contribution is -2.18. The summed E-state index contributed by atoms with van der Waals surface area (Å²) in [4.78, 5) is 1.96. The average Bonchev–Trinajstić information content (AvgIpc) is 2.91. The van der Waals surface area contributed by atoms with Crippen molar-refractivity contribution in [3.8, 4) is 0 Å². The molecule has 5 heteroatoms. The van der Waals surface area contributed by atoms with Crippen LogP contribution in [0.25, 0.3) is 0 Å². The van der Waals surface area contributed by atoms with Gasteiger partial charge in [-0.3, -0.25) is 0 Å². The van der Waals surface area contributed by atoms with Crippen molar-refractivity contribution in [1.82, 2.24) is 15.5 Å². The molecule has 2 aromatic rings.